The first-order valence-corrected chi connectivity index (χ1v) is 9.11. The first kappa shape index (κ1) is 17.9. The van der Waals surface area contributed by atoms with Gasteiger partial charge in [0.15, 0.2) is 5.82 Å². The number of carbonyl (C=O) groups excluding carboxylic acids is 2. The minimum absolute atomic E-state index is 0.0489. The molecule has 0 saturated carbocycles. The molecule has 1 unspecified atom stereocenters. The van der Waals surface area contributed by atoms with Crippen LogP contribution in [0.4, 0.5) is 5.69 Å². The molecular formula is C21H20N4O3. The number of hydrogen-bond donors (Lipinski definition) is 1. The Kier molecular flexibility index (Phi) is 4.43. The van der Waals surface area contributed by atoms with Gasteiger partial charge in [0.25, 0.3) is 11.5 Å². The van der Waals surface area contributed by atoms with E-state index in [4.69, 9.17) is 0 Å². The molecule has 7 heteroatoms. The average molecular weight is 376 g/mol. The largest absolute Gasteiger partial charge is 0.322 e. The zero-order chi connectivity index (χ0) is 19.8. The van der Waals surface area contributed by atoms with Gasteiger partial charge in [-0.2, -0.15) is 0 Å². The first-order chi connectivity index (χ1) is 13.4. The molecule has 1 fully saturated rings. The van der Waals surface area contributed by atoms with E-state index in [9.17, 15) is 14.4 Å². The van der Waals surface area contributed by atoms with Gasteiger partial charge in [-0.05, 0) is 38.1 Å². The van der Waals surface area contributed by atoms with Crippen molar-refractivity contribution >= 4 is 28.4 Å². The summed E-state index contributed by atoms with van der Waals surface area (Å²) in [7, 11) is 0. The minimum Gasteiger partial charge on any atom is -0.322 e. The molecule has 1 saturated heterocycles. The summed E-state index contributed by atoms with van der Waals surface area (Å²) in [5.74, 6) is -0.669. The number of H-pyrrole nitrogens is 1. The molecule has 1 aliphatic heterocycles. The standard InChI is InChI=1S/C21H20N4O3/c1-13-7-9-15(10-8-13)25-11-14(2)24(12-18(25)26)21(28)19-22-17-6-4-3-5-16(17)20(27)23-19/h3-10,14H,11-12H2,1-2H3,(H,22,23,27). The normalized spacial score (nSPS) is 17.2. The number of carbonyl (C=O) groups is 2. The van der Waals surface area contributed by atoms with Crippen molar-refractivity contribution in [2.75, 3.05) is 18.0 Å². The van der Waals surface area contributed by atoms with Gasteiger partial charge in [0, 0.05) is 18.3 Å². The number of amides is 2. The highest BCUT2D eigenvalue weighted by Gasteiger charge is 2.34. The first-order valence-electron chi connectivity index (χ1n) is 9.11. The summed E-state index contributed by atoms with van der Waals surface area (Å²) in [5, 5.41) is 0.423. The van der Waals surface area contributed by atoms with Crippen LogP contribution in [0.15, 0.2) is 53.3 Å². The number of aryl methyl sites for hydroxylation is 1. The van der Waals surface area contributed by atoms with Gasteiger partial charge >= 0.3 is 0 Å². The van der Waals surface area contributed by atoms with Crippen molar-refractivity contribution in [3.05, 3.63) is 70.3 Å². The second-order valence-corrected chi connectivity index (χ2v) is 7.05. The second kappa shape index (κ2) is 6.92. The lowest BCUT2D eigenvalue weighted by Crippen LogP contribution is -2.57. The maximum absolute atomic E-state index is 13.0. The number of benzene rings is 2. The Morgan fingerprint density at radius 2 is 1.82 bits per heavy atom. The number of nitrogens with zero attached hydrogens (tertiary/aromatic N) is 3. The molecule has 0 spiro atoms. The summed E-state index contributed by atoms with van der Waals surface area (Å²) in [6.45, 7) is 4.18. The molecule has 0 bridgehead atoms. The fourth-order valence-corrected chi connectivity index (χ4v) is 3.42. The van der Waals surface area contributed by atoms with Gasteiger partial charge in [-0.3, -0.25) is 14.4 Å². The Morgan fingerprint density at radius 1 is 1.11 bits per heavy atom. The second-order valence-electron chi connectivity index (χ2n) is 7.05. The number of piperazine rings is 1. The van der Waals surface area contributed by atoms with Crippen molar-refractivity contribution in [3.63, 3.8) is 0 Å². The van der Waals surface area contributed by atoms with E-state index >= 15 is 0 Å². The maximum Gasteiger partial charge on any atom is 0.290 e. The summed E-state index contributed by atoms with van der Waals surface area (Å²) in [6, 6.07) is 14.3. The van der Waals surface area contributed by atoms with Crippen LogP contribution in [0.3, 0.4) is 0 Å². The molecule has 1 N–H and O–H groups in total. The maximum atomic E-state index is 13.0. The number of anilines is 1. The van der Waals surface area contributed by atoms with E-state index in [1.165, 1.54) is 4.90 Å². The van der Waals surface area contributed by atoms with Crippen LogP contribution in [-0.4, -0.2) is 45.8 Å². The van der Waals surface area contributed by atoms with Crippen molar-refractivity contribution in [2.24, 2.45) is 0 Å². The van der Waals surface area contributed by atoms with Crippen molar-refractivity contribution in [1.82, 2.24) is 14.9 Å². The molecule has 4 rings (SSSR count). The van der Waals surface area contributed by atoms with E-state index in [0.29, 0.717) is 17.4 Å². The van der Waals surface area contributed by atoms with Crippen molar-refractivity contribution in [3.8, 4) is 0 Å². The van der Waals surface area contributed by atoms with E-state index in [1.54, 1.807) is 29.2 Å². The lowest BCUT2D eigenvalue weighted by Gasteiger charge is -2.39. The highest BCUT2D eigenvalue weighted by atomic mass is 16.2. The summed E-state index contributed by atoms with van der Waals surface area (Å²) < 4.78 is 0. The van der Waals surface area contributed by atoms with E-state index in [0.717, 1.165) is 11.3 Å². The molecule has 3 aromatic rings. The summed E-state index contributed by atoms with van der Waals surface area (Å²) in [5.41, 5.74) is 2.01. The van der Waals surface area contributed by atoms with Crippen molar-refractivity contribution < 1.29 is 9.59 Å². The fraction of sp³-hybridized carbons (Fsp3) is 0.238. The number of aromatic amines is 1. The average Bonchev–Trinajstić information content (AvgIpc) is 2.69. The number of para-hydroxylation sites is 1. The summed E-state index contributed by atoms with van der Waals surface area (Å²) in [6.07, 6.45) is 0. The Labute approximate surface area is 161 Å². The molecule has 28 heavy (non-hydrogen) atoms. The monoisotopic (exact) mass is 376 g/mol. The SMILES string of the molecule is Cc1ccc(N2CC(C)N(C(=O)c3nc4ccccc4c(=O)[nH]3)CC2=O)cc1. The van der Waals surface area contributed by atoms with Gasteiger partial charge in [-0.15, -0.1) is 0 Å². The van der Waals surface area contributed by atoms with E-state index in [-0.39, 0.29) is 29.9 Å². The Morgan fingerprint density at radius 3 is 2.57 bits per heavy atom. The molecule has 0 aliphatic carbocycles. The van der Waals surface area contributed by atoms with Crippen LogP contribution in [0.25, 0.3) is 10.9 Å². The van der Waals surface area contributed by atoms with Crippen LogP contribution in [0.2, 0.25) is 0 Å². The third-order valence-corrected chi connectivity index (χ3v) is 5.01. The molecule has 2 aromatic carbocycles. The Hall–Kier alpha value is -3.48. The number of aromatic nitrogens is 2. The highest BCUT2D eigenvalue weighted by Crippen LogP contribution is 2.21. The molecule has 1 aliphatic rings. The molecule has 2 heterocycles. The van der Waals surface area contributed by atoms with Crippen molar-refractivity contribution in [1.29, 1.82) is 0 Å². The van der Waals surface area contributed by atoms with E-state index in [2.05, 4.69) is 9.97 Å². The molecule has 142 valence electrons. The molecular weight excluding hydrogens is 356 g/mol. The summed E-state index contributed by atoms with van der Waals surface area (Å²) in [4.78, 5) is 47.9. The molecule has 2 amide bonds. The van der Waals surface area contributed by atoms with Gasteiger partial charge in [0.2, 0.25) is 5.91 Å². The fourth-order valence-electron chi connectivity index (χ4n) is 3.42. The number of nitrogens with one attached hydrogen (secondary N) is 1. The molecule has 1 aromatic heterocycles. The molecule has 7 nitrogen and oxygen atoms in total. The predicted octanol–water partition coefficient (Wildman–Crippen LogP) is 2.11. The highest BCUT2D eigenvalue weighted by molar-refractivity contribution is 6.01. The number of fused-ring (bicyclic) bond motifs is 1. The van der Waals surface area contributed by atoms with Gasteiger partial charge in [0.1, 0.15) is 6.54 Å². The topological polar surface area (TPSA) is 86.4 Å². The lowest BCUT2D eigenvalue weighted by atomic mass is 10.1. The zero-order valence-corrected chi connectivity index (χ0v) is 15.7. The van der Waals surface area contributed by atoms with E-state index in [1.807, 2.05) is 38.1 Å². The zero-order valence-electron chi connectivity index (χ0n) is 15.7. The van der Waals surface area contributed by atoms with E-state index < -0.39 is 5.91 Å². The molecule has 1 atom stereocenters. The van der Waals surface area contributed by atoms with Crippen LogP contribution in [-0.2, 0) is 4.79 Å². The third kappa shape index (κ3) is 3.15. The number of hydrogen-bond acceptors (Lipinski definition) is 4. The number of rotatable bonds is 2. The van der Waals surface area contributed by atoms with Gasteiger partial charge in [0.05, 0.1) is 10.9 Å². The Balaban J connectivity index is 1.60. The van der Waals surface area contributed by atoms with Crippen LogP contribution in [0, 0.1) is 6.92 Å². The van der Waals surface area contributed by atoms with Gasteiger partial charge in [-0.25, -0.2) is 4.98 Å². The van der Waals surface area contributed by atoms with Crippen LogP contribution < -0.4 is 10.5 Å². The predicted molar refractivity (Wildman–Crippen MR) is 106 cm³/mol. The van der Waals surface area contributed by atoms with Crippen molar-refractivity contribution in [2.45, 2.75) is 19.9 Å². The van der Waals surface area contributed by atoms with Gasteiger partial charge in [-0.1, -0.05) is 29.8 Å². The minimum atomic E-state index is -0.452. The van der Waals surface area contributed by atoms with Crippen LogP contribution in [0.5, 0.6) is 0 Å². The third-order valence-electron chi connectivity index (χ3n) is 5.01. The molecule has 0 radical (unpaired) electrons. The van der Waals surface area contributed by atoms with Gasteiger partial charge < -0.3 is 14.8 Å². The smallest absolute Gasteiger partial charge is 0.290 e. The lowest BCUT2D eigenvalue weighted by molar-refractivity contribution is -0.121. The van der Waals surface area contributed by atoms with Crippen LogP contribution in [0.1, 0.15) is 23.1 Å². The Bertz CT molecular complexity index is 1120. The van der Waals surface area contributed by atoms with Crippen LogP contribution >= 0.6 is 0 Å². The quantitative estimate of drug-likeness (QED) is 0.742. The summed E-state index contributed by atoms with van der Waals surface area (Å²) >= 11 is 0.